The van der Waals surface area contributed by atoms with Crippen LogP contribution in [0.5, 0.6) is 0 Å². The lowest BCUT2D eigenvalue weighted by Crippen LogP contribution is -2.34. The van der Waals surface area contributed by atoms with E-state index in [2.05, 4.69) is 243 Å². The van der Waals surface area contributed by atoms with E-state index in [4.69, 9.17) is 13.1 Å². The second-order valence-electron chi connectivity index (χ2n) is 28.3. The quantitative estimate of drug-likeness (QED) is 0.0884. The van der Waals surface area contributed by atoms with Crippen LogP contribution in [-0.4, -0.2) is 86.4 Å². The lowest BCUT2D eigenvalue weighted by Gasteiger charge is -2.07. The van der Waals surface area contributed by atoms with Crippen molar-refractivity contribution in [1.82, 2.24) is 86.4 Å². The van der Waals surface area contributed by atoms with Crippen LogP contribution in [0.2, 0.25) is 0 Å². The van der Waals surface area contributed by atoms with E-state index in [0.29, 0.717) is 24.5 Å². The van der Waals surface area contributed by atoms with Crippen LogP contribution in [0.3, 0.4) is 0 Å². The van der Waals surface area contributed by atoms with E-state index < -0.39 is 0 Å². The third kappa shape index (κ3) is 13.4. The molecule has 21 rings (SSSR count). The number of hydrogen-bond acceptors (Lipinski definition) is 10. The zero-order valence-electron chi connectivity index (χ0n) is 64.6. The number of aromatic nitrogens is 26. The van der Waals surface area contributed by atoms with Gasteiger partial charge in [-0.15, -0.1) is 19.9 Å². The van der Waals surface area contributed by atoms with Crippen molar-refractivity contribution in [2.75, 3.05) is 0 Å². The number of rotatable bonds is 11. The standard InChI is InChI=1S/C27H21N7.C23H21N7.C20H18N6.C18H16N8/c1-28-21-10-8-19(9-11-21)20-14-22(33-17-31(2)24-6-4-12-29-26(24)33)16-23(15-20)34-18-32(3)25-7-5-13-30-27(25)34;1-24-19-11-17(13-29-15-27(2)20-6-4-8-25-22(20)29)10-18(12-19)14-30-16-28(3)21-7-5-9-26-23(21)30;1-23-13-25(19-17(23)8-4-10-21-19)15-6-3-7-16(12-15)26-14-24(2)18-9-5-11-22-20(18)26;1-23-11-25(17-15(23)19-6-8-21-17)13-4-3-5-14(10-13)26-12-24(2)16-18(26)22-9-7-20-16/h4-18H,2-3H3;4-12,15-16H,13-14H2,2-3H3;3-14H,1-2H3;3-12H,1-2H3/q4*+2. The van der Waals surface area contributed by atoms with E-state index in [0.717, 1.165) is 146 Å². The van der Waals surface area contributed by atoms with Crippen LogP contribution >= 0.6 is 0 Å². The average molecular weight is 1530 g/mol. The molecule has 0 fully saturated rings. The molecule has 0 spiro atoms. The molecule has 0 saturated carbocycles. The number of imidazole rings is 8. The molecule has 0 saturated heterocycles. The van der Waals surface area contributed by atoms with Crippen LogP contribution in [0, 0.1) is 13.1 Å². The molecule has 560 valence electrons. The molecule has 0 radical (unpaired) electrons. The Labute approximate surface area is 663 Å². The smallest absolute Gasteiger partial charge is 0.263 e. The SMILES string of the molecule is C[n+]1cn(-c2cccc(-n3c[n+](C)c4cccnc43)c2)c2ncccc21.C[n+]1cn(-c2cccc(-n3c[n+](C)c4nccnc43)c2)c2nccnc21.[C-]#[N+]c1cc(C[n+]2cn(C)c3cccnc32)cc(C[n+]2cn(C)c3cccnc32)c1.[C-]#[N+]c1ccc(-c2cc(-n3c[n+](C)c4cccnc43)cc(-n3c[n+](C)c4cccnc43)c2)cc1. The number of pyridine rings is 6. The molecule has 0 aliphatic rings. The summed E-state index contributed by atoms with van der Waals surface area (Å²) in [5, 5.41) is 0. The molecule has 28 heteroatoms. The molecule has 16 heterocycles. The molecule has 0 N–H and O–H groups in total. The van der Waals surface area contributed by atoms with Gasteiger partial charge >= 0.3 is 22.6 Å². The van der Waals surface area contributed by atoms with Crippen LogP contribution in [0.4, 0.5) is 11.4 Å². The Morgan fingerprint density at radius 3 is 0.983 bits per heavy atom. The van der Waals surface area contributed by atoms with Crippen molar-refractivity contribution in [3.63, 3.8) is 0 Å². The minimum atomic E-state index is 0.625. The summed E-state index contributed by atoms with van der Waals surface area (Å²) in [6, 6.07) is 61.0. The van der Waals surface area contributed by atoms with Crippen molar-refractivity contribution in [1.29, 1.82) is 0 Å². The van der Waals surface area contributed by atoms with Gasteiger partial charge in [-0.2, -0.15) is 18.3 Å². The fourth-order valence-electron chi connectivity index (χ4n) is 15.1. The molecule has 21 aromatic rings. The summed E-state index contributed by atoms with van der Waals surface area (Å²) in [7, 11) is 16.1. The van der Waals surface area contributed by atoms with Gasteiger partial charge in [-0.3, -0.25) is 9.13 Å². The fourth-order valence-corrected chi connectivity index (χ4v) is 15.1. The van der Waals surface area contributed by atoms with Gasteiger partial charge in [0.2, 0.25) is 0 Å². The highest BCUT2D eigenvalue weighted by Gasteiger charge is 2.27. The molecule has 16 aromatic heterocycles. The molecule has 0 amide bonds. The van der Waals surface area contributed by atoms with Gasteiger partial charge in [-0.05, 0) is 131 Å². The van der Waals surface area contributed by atoms with Crippen molar-refractivity contribution < 1.29 is 36.5 Å². The van der Waals surface area contributed by atoms with Gasteiger partial charge in [0, 0.05) is 43.0 Å². The van der Waals surface area contributed by atoms with Gasteiger partial charge < -0.3 is 0 Å². The van der Waals surface area contributed by atoms with Gasteiger partial charge in [0.05, 0.1) is 95.0 Å². The number of aryl methyl sites for hydroxylation is 8. The molecule has 0 atom stereocenters. The van der Waals surface area contributed by atoms with E-state index in [1.165, 1.54) is 0 Å². The monoisotopic (exact) mass is 1520 g/mol. The average Bonchev–Trinajstić information content (AvgIpc) is 1.61. The van der Waals surface area contributed by atoms with E-state index in [9.17, 15) is 0 Å². The largest absolute Gasteiger partial charge is 0.322 e. The maximum absolute atomic E-state index is 7.55. The summed E-state index contributed by atoms with van der Waals surface area (Å²) in [4.78, 5) is 52.5. The lowest BCUT2D eigenvalue weighted by atomic mass is 10.0. The van der Waals surface area contributed by atoms with Crippen molar-refractivity contribution >= 4 is 101 Å². The molecule has 5 aromatic carbocycles. The van der Waals surface area contributed by atoms with Gasteiger partial charge in [0.25, 0.3) is 59.2 Å². The summed E-state index contributed by atoms with van der Waals surface area (Å²) in [6.45, 7) is 16.1. The summed E-state index contributed by atoms with van der Waals surface area (Å²) in [6.07, 6.45) is 34.0. The predicted molar refractivity (Wildman–Crippen MR) is 434 cm³/mol. The Bertz CT molecular complexity index is 6870. The molecular weight excluding hydrogens is 1450 g/mol. The zero-order valence-corrected chi connectivity index (χ0v) is 64.6. The molecule has 0 aliphatic heterocycles. The normalized spacial score (nSPS) is 11.3. The Hall–Kier alpha value is -16.1. The minimum absolute atomic E-state index is 0.625. The molecule has 116 heavy (non-hydrogen) atoms. The first kappa shape index (κ1) is 71.5. The Balaban J connectivity index is 0.000000108. The molecule has 0 unspecified atom stereocenters. The summed E-state index contributed by atoms with van der Waals surface area (Å²) in [5.41, 5.74) is 26.9. The second-order valence-corrected chi connectivity index (χ2v) is 28.3. The van der Waals surface area contributed by atoms with Crippen molar-refractivity contribution in [2.45, 2.75) is 13.1 Å². The molecule has 0 bridgehead atoms. The van der Waals surface area contributed by atoms with Crippen molar-refractivity contribution in [3.05, 3.63) is 329 Å². The lowest BCUT2D eigenvalue weighted by molar-refractivity contribution is -0.666. The van der Waals surface area contributed by atoms with Crippen molar-refractivity contribution in [2.24, 2.45) is 56.4 Å². The van der Waals surface area contributed by atoms with Crippen LogP contribution < -0.4 is 36.5 Å². The molecule has 28 nitrogen and oxygen atoms in total. The van der Waals surface area contributed by atoms with Crippen LogP contribution in [0.15, 0.2) is 295 Å². The highest BCUT2D eigenvalue weighted by atomic mass is 15.2. The Morgan fingerprint density at radius 2 is 0.595 bits per heavy atom. The first-order valence-corrected chi connectivity index (χ1v) is 37.3. The van der Waals surface area contributed by atoms with Gasteiger partial charge in [0.1, 0.15) is 58.9 Å². The third-order valence-electron chi connectivity index (χ3n) is 20.6. The fraction of sp³-hybridized carbons (Fsp3) is 0.114. The highest BCUT2D eigenvalue weighted by molar-refractivity contribution is 5.78. The van der Waals surface area contributed by atoms with E-state index >= 15 is 0 Å². The van der Waals surface area contributed by atoms with E-state index in [-0.39, 0.29) is 0 Å². The van der Waals surface area contributed by atoms with Gasteiger partial charge in [0.15, 0.2) is 69.8 Å². The van der Waals surface area contributed by atoms with Crippen LogP contribution in [0.1, 0.15) is 11.1 Å². The Kier molecular flexibility index (Phi) is 18.5. The molecule has 0 aliphatic carbocycles. The summed E-state index contributed by atoms with van der Waals surface area (Å²) < 4.78 is 33.1. The Morgan fingerprint density at radius 1 is 0.276 bits per heavy atom. The summed E-state index contributed by atoms with van der Waals surface area (Å²) >= 11 is 0. The minimum Gasteiger partial charge on any atom is -0.263 e. The number of benzene rings is 5. The van der Waals surface area contributed by atoms with Gasteiger partial charge in [-0.25, -0.2) is 85.3 Å². The topological polar surface area (TPSA) is 208 Å². The number of nitrogens with zero attached hydrogens (tertiary/aromatic N) is 28. The number of hydrogen-bond donors (Lipinski definition) is 0. The molecular formula is C88H76N28+8. The maximum atomic E-state index is 7.55. The van der Waals surface area contributed by atoms with Crippen molar-refractivity contribution in [3.8, 4) is 45.3 Å². The van der Waals surface area contributed by atoms with Crippen LogP contribution in [0.25, 0.3) is 145 Å². The van der Waals surface area contributed by atoms with Gasteiger partial charge in [-0.1, -0.05) is 54.6 Å². The first-order valence-electron chi connectivity index (χ1n) is 37.3. The summed E-state index contributed by atoms with van der Waals surface area (Å²) in [5.74, 6) is 0. The second kappa shape index (κ2) is 30.0. The highest BCUT2D eigenvalue weighted by Crippen LogP contribution is 2.31. The van der Waals surface area contributed by atoms with Crippen LogP contribution in [-0.2, 0) is 69.5 Å². The predicted octanol–water partition coefficient (Wildman–Crippen LogP) is 9.73. The zero-order chi connectivity index (χ0) is 79.2. The maximum Gasteiger partial charge on any atom is 0.322 e. The third-order valence-corrected chi connectivity index (χ3v) is 20.6. The van der Waals surface area contributed by atoms with E-state index in [1.54, 1.807) is 24.8 Å². The number of fused-ring (bicyclic) bond motifs is 8. The first-order chi connectivity index (χ1) is 56.7. The van der Waals surface area contributed by atoms with E-state index in [1.807, 2.05) is 216 Å².